The first kappa shape index (κ1) is 100. The Bertz CT molecular complexity index is 3290. The van der Waals surface area contributed by atoms with Crippen LogP contribution in [0, 0.1) is 0 Å². The van der Waals surface area contributed by atoms with Gasteiger partial charge in [0.2, 0.25) is 23.6 Å². The van der Waals surface area contributed by atoms with Gasteiger partial charge >= 0.3 is 0 Å². The Morgan fingerprint density at radius 2 is 0.500 bits per heavy atom. The summed E-state index contributed by atoms with van der Waals surface area (Å²) in [5, 5.41) is 309. The molecule has 0 aromatic carbocycles. The molecule has 0 spiro atoms. The van der Waals surface area contributed by atoms with E-state index >= 15 is 0 Å². The zero-order valence-corrected chi connectivity index (χ0v) is 65.7. The van der Waals surface area contributed by atoms with E-state index in [0.29, 0.717) is 0 Å². The Kier molecular flexibility index (Phi) is 35.8. The predicted molar refractivity (Wildman–Crippen MR) is 375 cm³/mol. The van der Waals surface area contributed by atoms with Crippen molar-refractivity contribution in [2.75, 3.05) is 59.5 Å². The van der Waals surface area contributed by atoms with Gasteiger partial charge in [0.25, 0.3) is 0 Å². The first-order valence-electron chi connectivity index (χ1n) is 39.0. The Balaban J connectivity index is 0.943. The van der Waals surface area contributed by atoms with E-state index in [0.717, 1.165) is 27.7 Å². The molecule has 54 nitrogen and oxygen atoms in total. The fourth-order valence-corrected chi connectivity index (χ4v) is 15.7. The van der Waals surface area contributed by atoms with Crippen molar-refractivity contribution in [3.8, 4) is 0 Å². The van der Waals surface area contributed by atoms with Crippen molar-refractivity contribution in [3.05, 3.63) is 0 Å². The quantitative estimate of drug-likeness (QED) is 0.0306. The fourth-order valence-electron chi connectivity index (χ4n) is 15.7. The molecule has 54 heteroatoms. The number of hydrogen-bond acceptors (Lipinski definition) is 50. The molecule has 0 saturated carbocycles. The lowest BCUT2D eigenvalue weighted by Gasteiger charge is -2.51. The molecule has 10 heterocycles. The highest BCUT2D eigenvalue weighted by Gasteiger charge is 2.61. The van der Waals surface area contributed by atoms with Crippen LogP contribution in [-0.2, 0) is 109 Å². The van der Waals surface area contributed by atoms with E-state index in [4.69, 9.17) is 90.0 Å². The van der Waals surface area contributed by atoms with Gasteiger partial charge in [-0.05, 0) is 6.92 Å². The Morgan fingerprint density at radius 3 is 0.926 bits per heavy atom. The van der Waals surface area contributed by atoms with Crippen molar-refractivity contribution < 1.29 is 247 Å². The van der Waals surface area contributed by atoms with Gasteiger partial charge in [0.05, 0.1) is 65.6 Å². The van der Waals surface area contributed by atoms with Gasteiger partial charge in [-0.2, -0.15) is 0 Å². The molecular weight excluding hydrogens is 1670 g/mol. The summed E-state index contributed by atoms with van der Waals surface area (Å²) in [4.78, 5) is 51.3. The van der Waals surface area contributed by atoms with Gasteiger partial charge in [-0.1, -0.05) is 0 Å². The van der Waals surface area contributed by atoms with Gasteiger partial charge < -0.3 is 249 Å². The van der Waals surface area contributed by atoms with Gasteiger partial charge in [-0.3, -0.25) is 19.2 Å². The third-order valence-electron chi connectivity index (χ3n) is 22.4. The summed E-state index contributed by atoms with van der Waals surface area (Å²) in [6.45, 7) is -4.36. The molecule has 10 fully saturated rings. The molecule has 50 atom stereocenters. The Labute approximate surface area is 691 Å². The molecule has 10 aliphatic heterocycles. The number of nitrogens with one attached hydrogen (secondary N) is 4. The molecule has 4 amide bonds. The molecule has 0 radical (unpaired) electrons. The minimum absolute atomic E-state index is 0.839. The van der Waals surface area contributed by atoms with Gasteiger partial charge in [-0.15, -0.1) is 0 Å². The second-order valence-corrected chi connectivity index (χ2v) is 31.0. The molecule has 10 saturated heterocycles. The normalized spacial score (nSPS) is 49.7. The minimum Gasteiger partial charge on any atom is -0.394 e. The monoisotopic (exact) mass is 1790 g/mol. The van der Waals surface area contributed by atoms with E-state index < -0.39 is 390 Å². The van der Waals surface area contributed by atoms with Crippen LogP contribution >= 0.6 is 0 Å². The van der Waals surface area contributed by atoms with Crippen LogP contribution in [0.1, 0.15) is 34.6 Å². The van der Waals surface area contributed by atoms with Crippen molar-refractivity contribution in [1.82, 2.24) is 21.3 Å². The molecule has 31 N–H and O–H groups in total. The van der Waals surface area contributed by atoms with E-state index in [2.05, 4.69) is 21.3 Å². The summed E-state index contributed by atoms with van der Waals surface area (Å²) in [7, 11) is 0. The summed E-state index contributed by atoms with van der Waals surface area (Å²) >= 11 is 0. The van der Waals surface area contributed by atoms with Gasteiger partial charge in [0, 0.05) is 27.7 Å². The third-order valence-corrected chi connectivity index (χ3v) is 22.4. The van der Waals surface area contributed by atoms with Crippen LogP contribution in [0.2, 0.25) is 0 Å². The van der Waals surface area contributed by atoms with Crippen LogP contribution in [0.25, 0.3) is 0 Å². The first-order valence-corrected chi connectivity index (χ1v) is 39.0. The minimum atomic E-state index is -2.59. The van der Waals surface area contributed by atoms with Crippen molar-refractivity contribution in [2.45, 2.75) is 341 Å². The SMILES string of the molecule is CC(=O)N[C@@H]1[C@@H](O)[C@H](O[C@@H]2O[C@H](CO)[C@@H](O[C@@H]3O[C@H](CO[C@H]4O[C@H](CO[C@@H]5O[C@H](CO)[C@@H](O[C@@H]6O[C@H](CO)[C@H](O)[C@H](O)[C@H]6O)[C@H](O)[C@H]5NC(C)=O)[C@@H](O)[C@H](O)[C@@H]4O)[C@@H](O)[C@H](O[C@H]4O[C@H](CO)[C@@H](O)[C@H](O)[C@@H]4O[C@@H]4O[C@H](CO)[C@@H](O[C@@H]5O[C@H](CO)[C@H](O)[C@H](O)[C@H]5O)[C@H](O)[C@H]4NC(C)=O)[C@@H]3O)[C@H](O)[C@H]2NC(C)=O)[C@@H](CO[C@@H]2O[C@@H](C)[C@@H](O)[C@@H](O)[C@@H]2O)O[C@H]1O. The highest BCUT2D eigenvalue weighted by atomic mass is 16.8. The average molecular weight is 1790 g/mol. The largest absolute Gasteiger partial charge is 0.394 e. The highest BCUT2D eigenvalue weighted by Crippen LogP contribution is 2.40. The van der Waals surface area contributed by atoms with Gasteiger partial charge in [0.1, 0.15) is 238 Å². The molecule has 10 rings (SSSR count). The standard InChI is InChI=1S/C68H114N4O50/c1-15-33(83)43(93)48(98)63(107-15)106-14-28-56(39(89)29(59(103)108-28)69-16(2)79)117-61-31(71-18(4)81)41(91)55(25(11-78)113-61)120-67-52(102)57(121-68-58(47(97)36(86)22(8-75)111-68)122-62-32(72-19(5)82)42(92)54(24(10-77)114-62)119-66-51(101)45(95)35(85)21(7-74)110-66)38(88)27(116-67)13-105-64-49(99)46(96)37(87)26(115-64)12-104-60-30(70-17(3)80)40(90)53(23(9-76)112-60)118-65-50(100)44(94)34(84)20(6-73)109-65/h15,20-68,73-78,83-103H,6-14H2,1-5H3,(H,69,79)(H,70,80)(H,71,81)(H,72,82)/t15-,20+,21+,22+,23+,24+,25+,26+,27+,28+,29+,30+,31+,32+,33+,34-,35-,36+,37+,38+,39+,40+,41+,42+,43+,44-,45-,46-,47-,48-,49-,50+,51+,52-,53+,54+,55+,56+,57-,58-,59+,60+,61-,62-,63+,64-,65-,66-,67-,68+/m0/s1. The number of carbonyl (C=O) groups excluding carboxylic acids is 4. The maximum Gasteiger partial charge on any atom is 0.217 e. The number of ether oxygens (including phenoxy) is 19. The average Bonchev–Trinajstić information content (AvgIpc) is 0.762. The summed E-state index contributed by atoms with van der Waals surface area (Å²) < 4.78 is 112. The number of hydrogen-bond donors (Lipinski definition) is 31. The van der Waals surface area contributed by atoms with Crippen LogP contribution in [0.4, 0.5) is 0 Å². The van der Waals surface area contributed by atoms with Crippen LogP contribution in [-0.4, -0.2) is 528 Å². The highest BCUT2D eigenvalue weighted by molar-refractivity contribution is 5.74. The fraction of sp³-hybridized carbons (Fsp3) is 0.941. The molecule has 0 aliphatic carbocycles. The van der Waals surface area contributed by atoms with E-state index in [9.17, 15) is 157 Å². The van der Waals surface area contributed by atoms with Crippen LogP contribution < -0.4 is 21.3 Å². The second-order valence-electron chi connectivity index (χ2n) is 31.0. The number of amides is 4. The first-order chi connectivity index (χ1) is 57.6. The Morgan fingerprint density at radius 1 is 0.230 bits per heavy atom. The number of aliphatic hydroxyl groups excluding tert-OH is 27. The summed E-state index contributed by atoms with van der Waals surface area (Å²) in [6, 6.07) is -7.45. The molecular formula is C68H114N4O50. The summed E-state index contributed by atoms with van der Waals surface area (Å²) in [5.41, 5.74) is 0. The lowest BCUT2D eigenvalue weighted by Crippen LogP contribution is -2.71. The van der Waals surface area contributed by atoms with Gasteiger partial charge in [-0.25, -0.2) is 0 Å². The molecule has 0 bridgehead atoms. The smallest absolute Gasteiger partial charge is 0.217 e. The molecule has 706 valence electrons. The maximum atomic E-state index is 13.2. The second kappa shape index (κ2) is 43.6. The van der Waals surface area contributed by atoms with E-state index in [1.165, 1.54) is 6.92 Å². The molecule has 122 heavy (non-hydrogen) atoms. The molecule has 0 unspecified atom stereocenters. The van der Waals surface area contributed by atoms with Crippen LogP contribution in [0.15, 0.2) is 0 Å². The Hall–Kier alpha value is -3.96. The topological polar surface area (TPSA) is 838 Å². The van der Waals surface area contributed by atoms with E-state index in [-0.39, 0.29) is 0 Å². The summed E-state index contributed by atoms with van der Waals surface area (Å²) in [5.74, 6) is -3.64. The van der Waals surface area contributed by atoms with Gasteiger partial charge in [0.15, 0.2) is 62.9 Å². The third kappa shape index (κ3) is 22.2. The predicted octanol–water partition coefficient (Wildman–Crippen LogP) is -21.2. The van der Waals surface area contributed by atoms with Crippen LogP contribution in [0.3, 0.4) is 0 Å². The van der Waals surface area contributed by atoms with Crippen molar-refractivity contribution in [3.63, 3.8) is 0 Å². The van der Waals surface area contributed by atoms with Crippen molar-refractivity contribution in [1.29, 1.82) is 0 Å². The zero-order chi connectivity index (χ0) is 89.8. The molecule has 0 aromatic heterocycles. The number of carbonyl (C=O) groups is 4. The molecule has 10 aliphatic rings. The van der Waals surface area contributed by atoms with Crippen LogP contribution in [0.5, 0.6) is 0 Å². The summed E-state index contributed by atoms with van der Waals surface area (Å²) in [6.07, 6.45) is -93.7. The van der Waals surface area contributed by atoms with Crippen molar-refractivity contribution in [2.24, 2.45) is 0 Å². The number of aliphatic hydroxyl groups is 27. The van der Waals surface area contributed by atoms with E-state index in [1.807, 2.05) is 0 Å². The number of rotatable bonds is 31. The molecule has 0 aromatic rings. The van der Waals surface area contributed by atoms with Crippen molar-refractivity contribution >= 4 is 23.6 Å². The maximum absolute atomic E-state index is 13.2. The lowest BCUT2D eigenvalue weighted by atomic mass is 9.93. The lowest BCUT2D eigenvalue weighted by molar-refractivity contribution is -0.397. The van der Waals surface area contributed by atoms with E-state index in [1.54, 1.807) is 0 Å². The zero-order valence-electron chi connectivity index (χ0n) is 65.7.